The lowest BCUT2D eigenvalue weighted by Crippen LogP contribution is -2.28. The molecule has 0 fully saturated rings. The molecule has 0 heterocycles. The number of hydrogen-bond donors (Lipinski definition) is 1. The zero-order valence-corrected chi connectivity index (χ0v) is 10.6. The highest BCUT2D eigenvalue weighted by molar-refractivity contribution is 5.95. The van der Waals surface area contributed by atoms with Gasteiger partial charge in [0, 0.05) is 12.1 Å². The quantitative estimate of drug-likeness (QED) is 0.828. The first-order valence-corrected chi connectivity index (χ1v) is 5.92. The van der Waals surface area contributed by atoms with E-state index in [1.165, 1.54) is 5.56 Å². The van der Waals surface area contributed by atoms with E-state index in [9.17, 15) is 4.79 Å². The highest BCUT2D eigenvalue weighted by Gasteiger charge is 2.10. The zero-order valence-electron chi connectivity index (χ0n) is 10.6. The first-order valence-electron chi connectivity index (χ1n) is 5.92. The minimum atomic E-state index is 0.0468. The first kappa shape index (κ1) is 12.8. The van der Waals surface area contributed by atoms with Gasteiger partial charge in [0.15, 0.2) is 0 Å². The lowest BCUT2D eigenvalue weighted by Gasteiger charge is -2.11. The van der Waals surface area contributed by atoms with Crippen LogP contribution in [0.15, 0.2) is 18.2 Å². The van der Waals surface area contributed by atoms with Crippen LogP contribution in [0.25, 0.3) is 0 Å². The fourth-order valence-corrected chi connectivity index (χ4v) is 1.63. The van der Waals surface area contributed by atoms with Crippen LogP contribution in [0, 0.1) is 12.8 Å². The molecule has 0 aromatic heterocycles. The van der Waals surface area contributed by atoms with Crippen molar-refractivity contribution < 1.29 is 4.79 Å². The molecule has 1 aromatic rings. The van der Waals surface area contributed by atoms with Gasteiger partial charge in [0.2, 0.25) is 0 Å². The van der Waals surface area contributed by atoms with Crippen molar-refractivity contribution in [2.24, 2.45) is 5.92 Å². The molecule has 0 aliphatic heterocycles. The maximum absolute atomic E-state index is 11.9. The van der Waals surface area contributed by atoms with Crippen molar-refractivity contribution in [3.63, 3.8) is 0 Å². The average molecular weight is 219 g/mol. The third-order valence-corrected chi connectivity index (χ3v) is 2.56. The number of carbonyl (C=O) groups is 1. The van der Waals surface area contributed by atoms with Crippen molar-refractivity contribution in [3.8, 4) is 0 Å². The summed E-state index contributed by atoms with van der Waals surface area (Å²) in [5.41, 5.74) is 3.15. The van der Waals surface area contributed by atoms with Gasteiger partial charge in [-0.05, 0) is 30.9 Å². The van der Waals surface area contributed by atoms with Gasteiger partial charge in [0.1, 0.15) is 0 Å². The Kier molecular flexibility index (Phi) is 4.53. The van der Waals surface area contributed by atoms with E-state index in [1.54, 1.807) is 0 Å². The molecular formula is C14H21NO. The molecule has 2 nitrogen and oxygen atoms in total. The maximum Gasteiger partial charge on any atom is 0.251 e. The van der Waals surface area contributed by atoms with Gasteiger partial charge in [-0.25, -0.2) is 0 Å². The third-order valence-electron chi connectivity index (χ3n) is 2.56. The Morgan fingerprint density at radius 2 is 2.06 bits per heavy atom. The Balaban J connectivity index is 2.82. The van der Waals surface area contributed by atoms with Crippen LogP contribution in [0.4, 0.5) is 0 Å². The van der Waals surface area contributed by atoms with Crippen LogP contribution in [0.1, 0.15) is 42.3 Å². The highest BCUT2D eigenvalue weighted by atomic mass is 16.1. The monoisotopic (exact) mass is 219 g/mol. The summed E-state index contributed by atoms with van der Waals surface area (Å²) in [5, 5.41) is 2.95. The standard InChI is InChI=1S/C14H21NO/c1-5-12-8-11(4)6-7-13(12)14(16)15-9-10(2)3/h6-8,10H,5,9H2,1-4H3,(H,15,16). The summed E-state index contributed by atoms with van der Waals surface area (Å²) in [6.45, 7) is 9.05. The second kappa shape index (κ2) is 5.69. The van der Waals surface area contributed by atoms with E-state index in [1.807, 2.05) is 12.1 Å². The van der Waals surface area contributed by atoms with Crippen molar-refractivity contribution in [2.45, 2.75) is 34.1 Å². The Labute approximate surface area is 98.1 Å². The fraction of sp³-hybridized carbons (Fsp3) is 0.500. The molecule has 1 amide bonds. The molecule has 0 aliphatic rings. The highest BCUT2D eigenvalue weighted by Crippen LogP contribution is 2.12. The fourth-order valence-electron chi connectivity index (χ4n) is 1.63. The lowest BCUT2D eigenvalue weighted by molar-refractivity contribution is 0.0948. The smallest absolute Gasteiger partial charge is 0.251 e. The van der Waals surface area contributed by atoms with Crippen LogP contribution < -0.4 is 5.32 Å². The molecule has 2 heteroatoms. The number of rotatable bonds is 4. The SMILES string of the molecule is CCc1cc(C)ccc1C(=O)NCC(C)C. The molecule has 16 heavy (non-hydrogen) atoms. The van der Waals surface area contributed by atoms with E-state index in [2.05, 4.69) is 39.1 Å². The summed E-state index contributed by atoms with van der Waals surface area (Å²) in [7, 11) is 0. The van der Waals surface area contributed by atoms with E-state index in [4.69, 9.17) is 0 Å². The molecule has 1 aromatic carbocycles. The Morgan fingerprint density at radius 3 is 2.62 bits per heavy atom. The van der Waals surface area contributed by atoms with Gasteiger partial charge < -0.3 is 5.32 Å². The molecule has 88 valence electrons. The van der Waals surface area contributed by atoms with Gasteiger partial charge in [0.05, 0.1) is 0 Å². The minimum Gasteiger partial charge on any atom is -0.352 e. The maximum atomic E-state index is 11.9. The van der Waals surface area contributed by atoms with Gasteiger partial charge >= 0.3 is 0 Å². The molecule has 0 aliphatic carbocycles. The molecule has 0 radical (unpaired) electrons. The van der Waals surface area contributed by atoms with E-state index in [0.29, 0.717) is 5.92 Å². The van der Waals surface area contributed by atoms with E-state index >= 15 is 0 Å². The van der Waals surface area contributed by atoms with Crippen LogP contribution in [0.5, 0.6) is 0 Å². The van der Waals surface area contributed by atoms with Crippen LogP contribution in [0.2, 0.25) is 0 Å². The van der Waals surface area contributed by atoms with Crippen molar-refractivity contribution in [1.29, 1.82) is 0 Å². The summed E-state index contributed by atoms with van der Waals surface area (Å²) in [5.74, 6) is 0.532. The van der Waals surface area contributed by atoms with E-state index in [0.717, 1.165) is 24.1 Å². The molecule has 0 saturated heterocycles. The third kappa shape index (κ3) is 3.37. The Bertz CT molecular complexity index is 369. The van der Waals surface area contributed by atoms with E-state index < -0.39 is 0 Å². The molecule has 0 bridgehead atoms. The predicted octanol–water partition coefficient (Wildman–Crippen LogP) is 2.94. The molecule has 0 spiro atoms. The van der Waals surface area contributed by atoms with Crippen LogP contribution >= 0.6 is 0 Å². The normalized spacial score (nSPS) is 10.6. The van der Waals surface area contributed by atoms with Crippen LogP contribution in [0.3, 0.4) is 0 Å². The van der Waals surface area contributed by atoms with E-state index in [-0.39, 0.29) is 5.91 Å². The van der Waals surface area contributed by atoms with Gasteiger partial charge in [-0.2, -0.15) is 0 Å². The first-order chi connectivity index (χ1) is 7.54. The Hall–Kier alpha value is -1.31. The summed E-state index contributed by atoms with van der Waals surface area (Å²) in [6, 6.07) is 6.00. The van der Waals surface area contributed by atoms with Gasteiger partial charge in [-0.3, -0.25) is 4.79 Å². The number of amides is 1. The van der Waals surface area contributed by atoms with Gasteiger partial charge in [0.25, 0.3) is 5.91 Å². The average Bonchev–Trinajstić information content (AvgIpc) is 2.25. The topological polar surface area (TPSA) is 29.1 Å². The second-order valence-electron chi connectivity index (χ2n) is 4.62. The number of carbonyl (C=O) groups excluding carboxylic acids is 1. The van der Waals surface area contributed by atoms with Crippen LogP contribution in [-0.4, -0.2) is 12.5 Å². The second-order valence-corrected chi connectivity index (χ2v) is 4.62. The zero-order chi connectivity index (χ0) is 12.1. The molecular weight excluding hydrogens is 198 g/mol. The summed E-state index contributed by atoms with van der Waals surface area (Å²) in [4.78, 5) is 11.9. The van der Waals surface area contributed by atoms with Crippen molar-refractivity contribution >= 4 is 5.91 Å². The van der Waals surface area contributed by atoms with Crippen molar-refractivity contribution in [2.75, 3.05) is 6.54 Å². The predicted molar refractivity (Wildman–Crippen MR) is 67.7 cm³/mol. The summed E-state index contributed by atoms with van der Waals surface area (Å²) in [6.07, 6.45) is 0.895. The largest absolute Gasteiger partial charge is 0.352 e. The molecule has 0 saturated carbocycles. The molecule has 1 rings (SSSR count). The van der Waals surface area contributed by atoms with Crippen molar-refractivity contribution in [1.82, 2.24) is 5.32 Å². The number of aryl methyl sites for hydroxylation is 2. The molecule has 0 atom stereocenters. The Morgan fingerprint density at radius 1 is 1.38 bits per heavy atom. The number of hydrogen-bond acceptors (Lipinski definition) is 1. The molecule has 0 unspecified atom stereocenters. The summed E-state index contributed by atoms with van der Waals surface area (Å²) < 4.78 is 0. The number of nitrogens with one attached hydrogen (secondary N) is 1. The summed E-state index contributed by atoms with van der Waals surface area (Å²) >= 11 is 0. The van der Waals surface area contributed by atoms with Gasteiger partial charge in [-0.15, -0.1) is 0 Å². The minimum absolute atomic E-state index is 0.0468. The van der Waals surface area contributed by atoms with Gasteiger partial charge in [-0.1, -0.05) is 38.5 Å². The van der Waals surface area contributed by atoms with Crippen molar-refractivity contribution in [3.05, 3.63) is 34.9 Å². The lowest BCUT2D eigenvalue weighted by atomic mass is 10.0. The molecule has 1 N–H and O–H groups in total. The number of benzene rings is 1. The van der Waals surface area contributed by atoms with Crippen LogP contribution in [-0.2, 0) is 6.42 Å².